The van der Waals surface area contributed by atoms with E-state index in [1.807, 2.05) is 6.07 Å². The zero-order valence-electron chi connectivity index (χ0n) is 12.3. The summed E-state index contributed by atoms with van der Waals surface area (Å²) in [5.74, 6) is 0. The van der Waals surface area contributed by atoms with Crippen LogP contribution in [0.1, 0.15) is 0 Å². The van der Waals surface area contributed by atoms with Gasteiger partial charge in [-0.15, -0.1) is 10.2 Å². The normalized spacial score (nSPS) is 11.9. The molecule has 24 heavy (non-hydrogen) atoms. The fourth-order valence-electron chi connectivity index (χ4n) is 2.29. The third kappa shape index (κ3) is 3.05. The fourth-order valence-corrected chi connectivity index (χ4v) is 2.93. The third-order valence-electron chi connectivity index (χ3n) is 3.40. The van der Waals surface area contributed by atoms with Crippen LogP contribution < -0.4 is 0 Å². The van der Waals surface area contributed by atoms with Crippen molar-refractivity contribution in [2.45, 2.75) is 4.90 Å². The molecule has 0 saturated carbocycles. The first-order valence-electron chi connectivity index (χ1n) is 6.88. The summed E-state index contributed by atoms with van der Waals surface area (Å²) in [5, 5.41) is 12.7. The highest BCUT2D eigenvalue weighted by Crippen LogP contribution is 2.35. The van der Waals surface area contributed by atoms with Gasteiger partial charge >= 0.3 is 0 Å². The van der Waals surface area contributed by atoms with E-state index in [0.29, 0.717) is 16.8 Å². The molecule has 0 atom stereocenters. The van der Waals surface area contributed by atoms with Gasteiger partial charge in [-0.1, -0.05) is 42.5 Å². The maximum atomic E-state index is 11.6. The Kier molecular flexibility index (Phi) is 4.15. The van der Waals surface area contributed by atoms with E-state index in [1.54, 1.807) is 48.5 Å². The molecule has 0 aliphatic heterocycles. The number of hydrogen-bond acceptors (Lipinski definition) is 6. The Hall–Kier alpha value is -2.97. The van der Waals surface area contributed by atoms with Gasteiger partial charge in [-0.25, -0.2) is 5.53 Å². The van der Waals surface area contributed by atoms with Crippen LogP contribution in [0.25, 0.3) is 10.8 Å². The van der Waals surface area contributed by atoms with Gasteiger partial charge in [0.1, 0.15) is 22.0 Å². The van der Waals surface area contributed by atoms with Crippen molar-refractivity contribution in [1.29, 1.82) is 5.53 Å². The Balaban J connectivity index is 2.24. The molecule has 0 bridgehead atoms. The number of nitrogens with one attached hydrogen (secondary N) is 1. The lowest BCUT2D eigenvalue weighted by Crippen LogP contribution is -1.98. The van der Waals surface area contributed by atoms with Crippen molar-refractivity contribution in [3.63, 3.8) is 0 Å². The van der Waals surface area contributed by atoms with E-state index in [4.69, 9.17) is 5.53 Å². The number of azo groups is 1. The Morgan fingerprint density at radius 1 is 0.833 bits per heavy atom. The molecule has 8 heteroatoms. The van der Waals surface area contributed by atoms with E-state index < -0.39 is 10.1 Å². The van der Waals surface area contributed by atoms with Crippen LogP contribution >= 0.6 is 0 Å². The highest BCUT2D eigenvalue weighted by molar-refractivity contribution is 7.86. The minimum absolute atomic E-state index is 0.0374. The standard InChI is InChI=1S/C16H12N4O3S/c17-18-13-7-3-4-8-14(13)19-20-16-12-6-2-1-5-11(12)9-10-15(16)24(21,22)23/h1-10,17H,(H,21,22,23). The molecule has 0 aromatic heterocycles. The van der Waals surface area contributed by atoms with Crippen molar-refractivity contribution in [2.75, 3.05) is 0 Å². The van der Waals surface area contributed by atoms with Gasteiger partial charge in [0.05, 0.1) is 0 Å². The first-order chi connectivity index (χ1) is 11.5. The van der Waals surface area contributed by atoms with Gasteiger partial charge in [0, 0.05) is 5.39 Å². The van der Waals surface area contributed by atoms with Crippen LogP contribution in [-0.2, 0) is 10.1 Å². The maximum Gasteiger partial charge on any atom is 0.296 e. The maximum absolute atomic E-state index is 11.6. The topological polar surface area (TPSA) is 115 Å². The smallest absolute Gasteiger partial charge is 0.282 e. The minimum Gasteiger partial charge on any atom is -0.282 e. The molecule has 3 aromatic carbocycles. The number of benzene rings is 3. The van der Waals surface area contributed by atoms with E-state index in [-0.39, 0.29) is 10.6 Å². The summed E-state index contributed by atoms with van der Waals surface area (Å²) in [6.45, 7) is 0. The number of rotatable bonds is 4. The SMILES string of the molecule is N=Nc1ccccc1N=Nc1c(S(=O)(=O)O)ccc2ccccc12. The molecule has 7 nitrogen and oxygen atoms in total. The number of hydrogen-bond donors (Lipinski definition) is 2. The zero-order valence-corrected chi connectivity index (χ0v) is 13.1. The van der Waals surface area contributed by atoms with Crippen LogP contribution in [0.15, 0.2) is 80.9 Å². The van der Waals surface area contributed by atoms with Crippen LogP contribution in [0.3, 0.4) is 0 Å². The van der Waals surface area contributed by atoms with E-state index >= 15 is 0 Å². The summed E-state index contributed by atoms with van der Waals surface area (Å²) in [4.78, 5) is -0.328. The lowest BCUT2D eigenvalue weighted by Gasteiger charge is -2.06. The van der Waals surface area contributed by atoms with Crippen LogP contribution in [0, 0.1) is 5.53 Å². The average molecular weight is 340 g/mol. The summed E-state index contributed by atoms with van der Waals surface area (Å²) in [6.07, 6.45) is 0. The second-order valence-corrected chi connectivity index (χ2v) is 6.30. The molecular formula is C16H12N4O3S. The molecule has 0 saturated heterocycles. The van der Waals surface area contributed by atoms with Crippen LogP contribution in [-0.4, -0.2) is 13.0 Å². The van der Waals surface area contributed by atoms with Crippen LogP contribution in [0.2, 0.25) is 0 Å². The van der Waals surface area contributed by atoms with Crippen molar-refractivity contribution in [1.82, 2.24) is 0 Å². The summed E-state index contributed by atoms with van der Waals surface area (Å²) in [7, 11) is -4.46. The van der Waals surface area contributed by atoms with Gasteiger partial charge in [-0.05, 0) is 23.6 Å². The quantitative estimate of drug-likeness (QED) is 0.504. The summed E-state index contributed by atoms with van der Waals surface area (Å²) >= 11 is 0. The highest BCUT2D eigenvalue weighted by atomic mass is 32.2. The highest BCUT2D eigenvalue weighted by Gasteiger charge is 2.18. The number of nitrogens with zero attached hydrogens (tertiary/aromatic N) is 3. The fraction of sp³-hybridized carbons (Fsp3) is 0. The molecule has 2 N–H and O–H groups in total. The van der Waals surface area contributed by atoms with E-state index in [9.17, 15) is 13.0 Å². The number of para-hydroxylation sites is 1. The van der Waals surface area contributed by atoms with Crippen molar-refractivity contribution in [3.05, 3.63) is 60.7 Å². The molecule has 0 aliphatic rings. The van der Waals surface area contributed by atoms with Crippen molar-refractivity contribution in [2.24, 2.45) is 15.3 Å². The Morgan fingerprint density at radius 3 is 2.21 bits per heavy atom. The second-order valence-electron chi connectivity index (χ2n) is 4.91. The predicted molar refractivity (Wildman–Crippen MR) is 89.2 cm³/mol. The molecule has 0 spiro atoms. The lowest BCUT2D eigenvalue weighted by molar-refractivity contribution is 0.483. The predicted octanol–water partition coefficient (Wildman–Crippen LogP) is 5.16. The van der Waals surface area contributed by atoms with Crippen molar-refractivity contribution in [3.8, 4) is 0 Å². The van der Waals surface area contributed by atoms with Gasteiger partial charge in [-0.2, -0.15) is 13.5 Å². The molecule has 0 amide bonds. The Labute approximate surface area is 137 Å². The van der Waals surface area contributed by atoms with Gasteiger partial charge in [0.15, 0.2) is 0 Å². The monoisotopic (exact) mass is 340 g/mol. The van der Waals surface area contributed by atoms with Gasteiger partial charge in [0.25, 0.3) is 10.1 Å². The Bertz CT molecular complexity index is 1060. The molecular weight excluding hydrogens is 328 g/mol. The molecule has 0 unspecified atom stereocenters. The van der Waals surface area contributed by atoms with Crippen molar-refractivity contribution < 1.29 is 13.0 Å². The van der Waals surface area contributed by atoms with Gasteiger partial charge in [0.2, 0.25) is 0 Å². The van der Waals surface area contributed by atoms with E-state index in [1.165, 1.54) is 6.07 Å². The van der Waals surface area contributed by atoms with Gasteiger partial charge in [-0.3, -0.25) is 4.55 Å². The molecule has 0 heterocycles. The number of fused-ring (bicyclic) bond motifs is 1. The summed E-state index contributed by atoms with van der Waals surface area (Å²) in [6, 6.07) is 16.5. The first kappa shape index (κ1) is 15.9. The van der Waals surface area contributed by atoms with E-state index in [0.717, 1.165) is 5.39 Å². The largest absolute Gasteiger partial charge is 0.296 e. The lowest BCUT2D eigenvalue weighted by atomic mass is 10.1. The van der Waals surface area contributed by atoms with E-state index in [2.05, 4.69) is 15.3 Å². The summed E-state index contributed by atoms with van der Waals surface area (Å²) < 4.78 is 32.7. The van der Waals surface area contributed by atoms with Gasteiger partial charge < -0.3 is 0 Å². The molecule has 3 aromatic rings. The minimum atomic E-state index is -4.46. The Morgan fingerprint density at radius 2 is 1.50 bits per heavy atom. The molecule has 0 fully saturated rings. The third-order valence-corrected chi connectivity index (χ3v) is 4.29. The van der Waals surface area contributed by atoms with Crippen molar-refractivity contribution >= 4 is 38.0 Å². The molecule has 0 radical (unpaired) electrons. The molecule has 120 valence electrons. The zero-order chi connectivity index (χ0) is 17.2. The molecule has 0 aliphatic carbocycles. The first-order valence-corrected chi connectivity index (χ1v) is 8.32. The van der Waals surface area contributed by atoms with Crippen LogP contribution in [0.4, 0.5) is 17.1 Å². The molecule has 3 rings (SSSR count). The average Bonchev–Trinajstić information content (AvgIpc) is 2.58. The summed E-state index contributed by atoms with van der Waals surface area (Å²) in [5.41, 5.74) is 7.79. The second kappa shape index (κ2) is 6.26. The van der Waals surface area contributed by atoms with Crippen LogP contribution in [0.5, 0.6) is 0 Å².